The zero-order chi connectivity index (χ0) is 18.9. The van der Waals surface area contributed by atoms with Gasteiger partial charge in [-0.2, -0.15) is 0 Å². The van der Waals surface area contributed by atoms with Gasteiger partial charge in [0.05, 0.1) is 31.2 Å². The number of benzene rings is 2. The minimum absolute atomic E-state index is 0.0223. The van der Waals surface area contributed by atoms with Crippen LogP contribution in [0.15, 0.2) is 41.3 Å². The Balaban J connectivity index is 2.58. The lowest BCUT2D eigenvalue weighted by Gasteiger charge is -2.20. The van der Waals surface area contributed by atoms with Crippen LogP contribution in [0.1, 0.15) is 10.4 Å². The number of carbonyl (C=O) groups excluding carboxylic acids is 2. The zero-order valence-electron chi connectivity index (χ0n) is 12.7. The van der Waals surface area contributed by atoms with Gasteiger partial charge in [0.1, 0.15) is 0 Å². The van der Waals surface area contributed by atoms with Crippen molar-refractivity contribution >= 4 is 62.3 Å². The molecule has 0 bridgehead atoms. The lowest BCUT2D eigenvalue weighted by Crippen LogP contribution is -2.41. The summed E-state index contributed by atoms with van der Waals surface area (Å²) in [5.41, 5.74) is 5.16. The van der Waals surface area contributed by atoms with E-state index >= 15 is 0 Å². The first-order valence-electron chi connectivity index (χ1n) is 6.61. The predicted molar refractivity (Wildman–Crippen MR) is 97.4 cm³/mol. The van der Waals surface area contributed by atoms with Crippen LogP contribution in [0, 0.1) is 0 Å². The molecule has 6 nitrogen and oxygen atoms in total. The van der Waals surface area contributed by atoms with E-state index in [4.69, 9.17) is 40.5 Å². The quantitative estimate of drug-likeness (QED) is 0.815. The number of amides is 3. The Morgan fingerprint density at radius 1 is 1.00 bits per heavy atom. The maximum absolute atomic E-state index is 12.7. The fraction of sp³-hybridized carbons (Fsp3) is 0.0667. The third-order valence-corrected chi connectivity index (χ3v) is 5.38. The number of rotatable bonds is 3. The minimum atomic E-state index is -3.58. The van der Waals surface area contributed by atoms with E-state index in [0.717, 1.165) is 12.3 Å². The highest BCUT2D eigenvalue weighted by molar-refractivity contribution is 7.90. The van der Waals surface area contributed by atoms with E-state index in [-0.39, 0.29) is 31.2 Å². The Morgan fingerprint density at radius 3 is 2.00 bits per heavy atom. The van der Waals surface area contributed by atoms with Crippen LogP contribution >= 0.6 is 34.8 Å². The van der Waals surface area contributed by atoms with Gasteiger partial charge in [-0.25, -0.2) is 18.1 Å². The van der Waals surface area contributed by atoms with Gasteiger partial charge in [-0.3, -0.25) is 4.79 Å². The van der Waals surface area contributed by atoms with Crippen molar-refractivity contribution in [1.82, 2.24) is 0 Å². The van der Waals surface area contributed by atoms with Crippen LogP contribution in [-0.2, 0) is 9.84 Å². The smallest absolute Gasteiger partial charge is 0.326 e. The molecule has 0 radical (unpaired) electrons. The van der Waals surface area contributed by atoms with Crippen molar-refractivity contribution < 1.29 is 18.0 Å². The van der Waals surface area contributed by atoms with Crippen LogP contribution < -0.4 is 10.6 Å². The molecule has 10 heteroatoms. The molecule has 0 heterocycles. The number of nitrogens with two attached hydrogens (primary N) is 1. The number of urea groups is 1. The number of carbonyl (C=O) groups is 2. The standard InChI is InChI=1S/C15H11Cl3N2O4S/c1-25(23,24)12-6-5-8(7-11(12)18)20(15(19)22)14(21)13-9(16)3-2-4-10(13)17/h2-7H,1H3,(H2,19,22). The molecule has 25 heavy (non-hydrogen) atoms. The van der Waals surface area contributed by atoms with Crippen LogP contribution in [0.5, 0.6) is 0 Å². The SMILES string of the molecule is CS(=O)(=O)c1ccc(N(C(N)=O)C(=O)c2c(Cl)cccc2Cl)cc1Cl. The Kier molecular flexibility index (Phi) is 5.63. The first-order valence-corrected chi connectivity index (χ1v) is 9.64. The molecule has 2 aromatic carbocycles. The van der Waals surface area contributed by atoms with Gasteiger partial charge in [-0.1, -0.05) is 40.9 Å². The molecule has 0 aliphatic carbocycles. The fourth-order valence-electron chi connectivity index (χ4n) is 2.09. The van der Waals surface area contributed by atoms with Crippen molar-refractivity contribution in [3.8, 4) is 0 Å². The summed E-state index contributed by atoms with van der Waals surface area (Å²) in [6.45, 7) is 0. The van der Waals surface area contributed by atoms with E-state index in [0.29, 0.717) is 4.90 Å². The largest absolute Gasteiger partial charge is 0.351 e. The van der Waals surface area contributed by atoms with Gasteiger partial charge in [0.2, 0.25) is 0 Å². The molecule has 2 N–H and O–H groups in total. The zero-order valence-corrected chi connectivity index (χ0v) is 15.7. The third-order valence-electron chi connectivity index (χ3n) is 3.17. The summed E-state index contributed by atoms with van der Waals surface area (Å²) in [6, 6.07) is 6.84. The van der Waals surface area contributed by atoms with Crippen LogP contribution in [-0.4, -0.2) is 26.6 Å². The molecule has 0 atom stereocenters. The average Bonchev–Trinajstić information content (AvgIpc) is 2.45. The number of imide groups is 1. The summed E-state index contributed by atoms with van der Waals surface area (Å²) < 4.78 is 23.2. The van der Waals surface area contributed by atoms with Gasteiger partial charge in [-0.05, 0) is 30.3 Å². The molecular weight excluding hydrogens is 411 g/mol. The summed E-state index contributed by atoms with van der Waals surface area (Å²) in [4.78, 5) is 25.0. The van der Waals surface area contributed by atoms with Crippen LogP contribution in [0.2, 0.25) is 15.1 Å². The highest BCUT2D eigenvalue weighted by Gasteiger charge is 2.27. The number of hydrogen-bond acceptors (Lipinski definition) is 4. The van der Waals surface area contributed by atoms with Crippen molar-refractivity contribution in [3.05, 3.63) is 57.0 Å². The highest BCUT2D eigenvalue weighted by atomic mass is 35.5. The van der Waals surface area contributed by atoms with Crippen LogP contribution in [0.3, 0.4) is 0 Å². The molecule has 0 aliphatic rings. The van der Waals surface area contributed by atoms with E-state index in [1.54, 1.807) is 0 Å². The van der Waals surface area contributed by atoms with E-state index in [1.807, 2.05) is 0 Å². The topological polar surface area (TPSA) is 97.5 Å². The van der Waals surface area contributed by atoms with E-state index < -0.39 is 21.8 Å². The first kappa shape index (κ1) is 19.5. The number of anilines is 1. The Bertz CT molecular complexity index is 956. The van der Waals surface area contributed by atoms with Crippen LogP contribution in [0.25, 0.3) is 0 Å². The molecule has 0 saturated heterocycles. The summed E-state index contributed by atoms with van der Waals surface area (Å²) in [5.74, 6) is -0.869. The van der Waals surface area contributed by atoms with E-state index in [9.17, 15) is 18.0 Å². The van der Waals surface area contributed by atoms with Crippen LogP contribution in [0.4, 0.5) is 10.5 Å². The second-order valence-electron chi connectivity index (χ2n) is 4.96. The Morgan fingerprint density at radius 2 is 1.56 bits per heavy atom. The molecule has 0 fully saturated rings. The van der Waals surface area contributed by atoms with Gasteiger partial charge >= 0.3 is 6.03 Å². The first-order chi connectivity index (χ1) is 11.5. The van der Waals surface area contributed by atoms with E-state index in [2.05, 4.69) is 0 Å². The molecule has 0 unspecified atom stereocenters. The monoisotopic (exact) mass is 420 g/mol. The molecule has 0 aliphatic heterocycles. The fourth-order valence-corrected chi connectivity index (χ4v) is 3.97. The minimum Gasteiger partial charge on any atom is -0.351 e. The van der Waals surface area contributed by atoms with Crippen molar-refractivity contribution in [3.63, 3.8) is 0 Å². The van der Waals surface area contributed by atoms with Crippen molar-refractivity contribution in [1.29, 1.82) is 0 Å². The van der Waals surface area contributed by atoms with Gasteiger partial charge in [0, 0.05) is 6.26 Å². The summed E-state index contributed by atoms with van der Waals surface area (Å²) in [6.07, 6.45) is 0.981. The summed E-state index contributed by atoms with van der Waals surface area (Å²) in [7, 11) is -3.58. The second kappa shape index (κ2) is 7.21. The summed E-state index contributed by atoms with van der Waals surface area (Å²) >= 11 is 17.9. The van der Waals surface area contributed by atoms with Crippen molar-refractivity contribution in [2.45, 2.75) is 4.90 Å². The lowest BCUT2D eigenvalue weighted by atomic mass is 10.1. The molecule has 0 spiro atoms. The predicted octanol–water partition coefficient (Wildman–Crippen LogP) is 3.78. The number of primary amides is 1. The number of nitrogens with zero attached hydrogens (tertiary/aromatic N) is 1. The molecule has 0 aromatic heterocycles. The molecule has 2 aromatic rings. The molecule has 132 valence electrons. The third kappa shape index (κ3) is 4.07. The molecule has 2 rings (SSSR count). The van der Waals surface area contributed by atoms with Crippen molar-refractivity contribution in [2.24, 2.45) is 5.73 Å². The average molecular weight is 422 g/mol. The summed E-state index contributed by atoms with van der Waals surface area (Å²) in [5, 5.41) is -0.102. The number of sulfone groups is 1. The van der Waals surface area contributed by atoms with Gasteiger partial charge in [0.15, 0.2) is 9.84 Å². The maximum Gasteiger partial charge on any atom is 0.326 e. The van der Waals surface area contributed by atoms with Gasteiger partial charge in [0.25, 0.3) is 5.91 Å². The van der Waals surface area contributed by atoms with Gasteiger partial charge < -0.3 is 5.73 Å². The highest BCUT2D eigenvalue weighted by Crippen LogP contribution is 2.31. The Hall–Kier alpha value is -1.80. The van der Waals surface area contributed by atoms with Crippen molar-refractivity contribution in [2.75, 3.05) is 11.2 Å². The normalized spacial score (nSPS) is 11.2. The number of hydrogen-bond donors (Lipinski definition) is 1. The number of halogens is 3. The molecular formula is C15H11Cl3N2O4S. The van der Waals surface area contributed by atoms with Gasteiger partial charge in [-0.15, -0.1) is 0 Å². The molecule has 3 amide bonds. The second-order valence-corrected chi connectivity index (χ2v) is 8.17. The van der Waals surface area contributed by atoms with E-state index in [1.165, 1.54) is 30.3 Å². The molecule has 0 saturated carbocycles. The Labute approximate surface area is 159 Å². The lowest BCUT2D eigenvalue weighted by molar-refractivity contribution is 0.0995. The maximum atomic E-state index is 12.7.